The lowest BCUT2D eigenvalue weighted by atomic mass is 10.1. The molecule has 0 saturated carbocycles. The number of hydrogen-bond donors (Lipinski definition) is 0. The van der Waals surface area contributed by atoms with E-state index in [0.29, 0.717) is 27.9 Å². The van der Waals surface area contributed by atoms with Crippen LogP contribution in [0.5, 0.6) is 0 Å². The molecule has 0 atom stereocenters. The summed E-state index contributed by atoms with van der Waals surface area (Å²) in [4.78, 5) is 14.9. The molecule has 0 aliphatic rings. The Kier molecular flexibility index (Phi) is 5.77. The molecular formula is C21H20ClN7O2. The Balaban J connectivity index is 1.56. The zero-order valence-electron chi connectivity index (χ0n) is 17.2. The fourth-order valence-corrected chi connectivity index (χ4v) is 3.40. The number of nitrogens with zero attached hydrogens (tertiary/aromatic N) is 7. The monoisotopic (exact) mass is 437 g/mol. The van der Waals surface area contributed by atoms with E-state index < -0.39 is 0 Å². The van der Waals surface area contributed by atoms with Gasteiger partial charge in [-0.25, -0.2) is 4.68 Å². The second-order valence-electron chi connectivity index (χ2n) is 7.26. The van der Waals surface area contributed by atoms with E-state index in [-0.39, 0.29) is 18.5 Å². The predicted octanol–water partition coefficient (Wildman–Crippen LogP) is 3.72. The second-order valence-corrected chi connectivity index (χ2v) is 7.67. The number of aromatic nitrogens is 6. The van der Waals surface area contributed by atoms with Crippen molar-refractivity contribution in [1.29, 1.82) is 0 Å². The third-order valence-electron chi connectivity index (χ3n) is 4.80. The molecule has 4 rings (SSSR count). The summed E-state index contributed by atoms with van der Waals surface area (Å²) in [7, 11) is 0. The number of carbonyl (C=O) groups is 1. The molecule has 0 fully saturated rings. The molecule has 31 heavy (non-hydrogen) atoms. The van der Waals surface area contributed by atoms with Gasteiger partial charge in [0, 0.05) is 11.6 Å². The van der Waals surface area contributed by atoms with Gasteiger partial charge < -0.3 is 9.32 Å². The second kappa shape index (κ2) is 8.65. The summed E-state index contributed by atoms with van der Waals surface area (Å²) >= 11 is 6.21. The number of aryl methyl sites for hydroxylation is 1. The summed E-state index contributed by atoms with van der Waals surface area (Å²) in [5.74, 6) is 0.510. The minimum atomic E-state index is -0.140. The van der Waals surface area contributed by atoms with Crippen molar-refractivity contribution in [3.8, 4) is 17.1 Å². The number of carbonyl (C=O) groups excluding carboxylic acids is 1. The van der Waals surface area contributed by atoms with Gasteiger partial charge >= 0.3 is 0 Å². The normalized spacial score (nSPS) is 11.1. The van der Waals surface area contributed by atoms with Crippen LogP contribution in [0.3, 0.4) is 0 Å². The van der Waals surface area contributed by atoms with E-state index in [9.17, 15) is 4.79 Å². The first-order chi connectivity index (χ1) is 14.9. The Labute approximate surface area is 183 Å². The summed E-state index contributed by atoms with van der Waals surface area (Å²) in [6.45, 7) is 5.96. The topological polar surface area (TPSA) is 103 Å². The predicted molar refractivity (Wildman–Crippen MR) is 114 cm³/mol. The molecule has 0 bridgehead atoms. The number of amides is 1. The minimum Gasteiger partial charge on any atom is -0.419 e. The third-order valence-corrected chi connectivity index (χ3v) is 5.13. The van der Waals surface area contributed by atoms with Gasteiger partial charge in [-0.2, -0.15) is 0 Å². The van der Waals surface area contributed by atoms with E-state index in [1.165, 1.54) is 6.33 Å². The lowest BCUT2D eigenvalue weighted by Gasteiger charge is -2.25. The molecule has 0 aliphatic heterocycles. The molecule has 0 unspecified atom stereocenters. The SMILES string of the molecule is Cc1cc(C(=O)N(Cc2nnc(-c3ccccc3Cl)o2)C(C)C)ccc1-n1cnnn1. The van der Waals surface area contributed by atoms with Crippen molar-refractivity contribution < 1.29 is 9.21 Å². The van der Waals surface area contributed by atoms with Crippen molar-refractivity contribution in [3.05, 3.63) is 70.8 Å². The molecular weight excluding hydrogens is 418 g/mol. The van der Waals surface area contributed by atoms with Gasteiger partial charge in [0.1, 0.15) is 6.33 Å². The van der Waals surface area contributed by atoms with Gasteiger partial charge in [-0.1, -0.05) is 23.7 Å². The molecule has 1 amide bonds. The molecule has 158 valence electrons. The Hall–Kier alpha value is -3.59. The van der Waals surface area contributed by atoms with E-state index in [2.05, 4.69) is 25.7 Å². The summed E-state index contributed by atoms with van der Waals surface area (Å²) < 4.78 is 7.34. The Bertz CT molecular complexity index is 1200. The van der Waals surface area contributed by atoms with E-state index in [0.717, 1.165) is 11.3 Å². The van der Waals surface area contributed by atoms with Gasteiger partial charge in [-0.15, -0.1) is 15.3 Å². The number of benzene rings is 2. The molecule has 0 aliphatic carbocycles. The minimum absolute atomic E-state index is 0.0809. The number of hydrogen-bond acceptors (Lipinski definition) is 7. The Morgan fingerprint density at radius 2 is 2.00 bits per heavy atom. The largest absolute Gasteiger partial charge is 0.419 e. The molecule has 0 spiro atoms. The standard InChI is InChI=1S/C21H20ClN7O2/c1-13(2)28(11-19-24-25-20(31-19)16-6-4-5-7-17(16)22)21(30)15-8-9-18(14(3)10-15)29-12-23-26-27-29/h4-10,12-13H,11H2,1-3H3. The smallest absolute Gasteiger partial charge is 0.254 e. The molecule has 2 aromatic heterocycles. The van der Waals surface area contributed by atoms with E-state index >= 15 is 0 Å². The van der Waals surface area contributed by atoms with Crippen molar-refractivity contribution in [3.63, 3.8) is 0 Å². The molecule has 2 heterocycles. The molecule has 2 aromatic carbocycles. The van der Waals surface area contributed by atoms with Gasteiger partial charge in [0.05, 0.1) is 22.8 Å². The molecule has 0 radical (unpaired) electrons. The molecule has 9 nitrogen and oxygen atoms in total. The van der Waals surface area contributed by atoms with Crippen LogP contribution in [0.25, 0.3) is 17.1 Å². The summed E-state index contributed by atoms with van der Waals surface area (Å²) in [5.41, 5.74) is 2.88. The summed E-state index contributed by atoms with van der Waals surface area (Å²) in [6.07, 6.45) is 1.51. The molecule has 4 aromatic rings. The zero-order valence-corrected chi connectivity index (χ0v) is 18.0. The Morgan fingerprint density at radius 1 is 1.19 bits per heavy atom. The number of tetrazole rings is 1. The van der Waals surface area contributed by atoms with Gasteiger partial charge in [-0.3, -0.25) is 4.79 Å². The highest BCUT2D eigenvalue weighted by molar-refractivity contribution is 6.33. The van der Waals surface area contributed by atoms with Crippen molar-refractivity contribution in [2.24, 2.45) is 0 Å². The maximum absolute atomic E-state index is 13.2. The fourth-order valence-electron chi connectivity index (χ4n) is 3.18. The number of halogens is 1. The van der Waals surface area contributed by atoms with Crippen LogP contribution < -0.4 is 0 Å². The van der Waals surface area contributed by atoms with Crippen LogP contribution in [0.15, 0.2) is 53.2 Å². The van der Waals surface area contributed by atoms with Crippen LogP contribution in [0.2, 0.25) is 5.02 Å². The van der Waals surface area contributed by atoms with E-state index in [4.69, 9.17) is 16.0 Å². The van der Waals surface area contributed by atoms with Crippen molar-refractivity contribution in [2.75, 3.05) is 0 Å². The highest BCUT2D eigenvalue weighted by atomic mass is 35.5. The molecule has 0 saturated heterocycles. The number of rotatable bonds is 6. The van der Waals surface area contributed by atoms with Crippen LogP contribution in [0, 0.1) is 6.92 Å². The third kappa shape index (κ3) is 4.31. The van der Waals surface area contributed by atoms with Gasteiger partial charge in [0.15, 0.2) is 0 Å². The first kappa shape index (κ1) is 20.7. The van der Waals surface area contributed by atoms with Crippen LogP contribution in [-0.2, 0) is 6.54 Å². The highest BCUT2D eigenvalue weighted by Gasteiger charge is 2.23. The lowest BCUT2D eigenvalue weighted by molar-refractivity contribution is 0.0672. The Morgan fingerprint density at radius 3 is 2.68 bits per heavy atom. The average molecular weight is 438 g/mol. The van der Waals surface area contributed by atoms with E-state index in [1.54, 1.807) is 27.8 Å². The van der Waals surface area contributed by atoms with Crippen LogP contribution >= 0.6 is 11.6 Å². The van der Waals surface area contributed by atoms with Gasteiger partial charge in [0.2, 0.25) is 11.8 Å². The van der Waals surface area contributed by atoms with E-state index in [1.807, 2.05) is 45.0 Å². The quantitative estimate of drug-likeness (QED) is 0.452. The maximum Gasteiger partial charge on any atom is 0.254 e. The van der Waals surface area contributed by atoms with Crippen molar-refractivity contribution >= 4 is 17.5 Å². The molecule has 10 heteroatoms. The van der Waals surface area contributed by atoms with Crippen molar-refractivity contribution in [1.82, 2.24) is 35.3 Å². The molecule has 0 N–H and O–H groups in total. The lowest BCUT2D eigenvalue weighted by Crippen LogP contribution is -2.36. The van der Waals surface area contributed by atoms with Crippen LogP contribution in [0.1, 0.15) is 35.7 Å². The highest BCUT2D eigenvalue weighted by Crippen LogP contribution is 2.27. The first-order valence-electron chi connectivity index (χ1n) is 9.66. The first-order valence-corrected chi connectivity index (χ1v) is 10.0. The van der Waals surface area contributed by atoms with Crippen molar-refractivity contribution in [2.45, 2.75) is 33.4 Å². The average Bonchev–Trinajstić information content (AvgIpc) is 3.44. The van der Waals surface area contributed by atoms with Crippen LogP contribution in [-0.4, -0.2) is 47.3 Å². The zero-order chi connectivity index (χ0) is 22.0. The summed E-state index contributed by atoms with van der Waals surface area (Å²) in [5, 5.41) is 19.9. The van der Waals surface area contributed by atoms with Crippen LogP contribution in [0.4, 0.5) is 0 Å². The summed E-state index contributed by atoms with van der Waals surface area (Å²) in [6, 6.07) is 12.5. The maximum atomic E-state index is 13.2. The fraction of sp³-hybridized carbons (Fsp3) is 0.238. The van der Waals surface area contributed by atoms with Gasteiger partial charge in [0.25, 0.3) is 5.91 Å². The van der Waals surface area contributed by atoms with Gasteiger partial charge in [-0.05, 0) is 67.1 Å².